The van der Waals surface area contributed by atoms with Gasteiger partial charge in [-0.3, -0.25) is 9.10 Å². The third kappa shape index (κ3) is 4.28. The van der Waals surface area contributed by atoms with Gasteiger partial charge in [0.15, 0.2) is 0 Å². The summed E-state index contributed by atoms with van der Waals surface area (Å²) in [5.74, 6) is -0.387. The van der Waals surface area contributed by atoms with Crippen LogP contribution in [0.15, 0.2) is 60.7 Å². The number of carbonyl (C=O) groups excluding carboxylic acids is 1. The summed E-state index contributed by atoms with van der Waals surface area (Å²) in [6.07, 6.45) is 1.11. The van der Waals surface area contributed by atoms with E-state index in [1.165, 1.54) is 0 Å². The number of hydrogen-bond acceptors (Lipinski definition) is 3. The maximum atomic E-state index is 12.6. The monoisotopic (exact) mass is 382 g/mol. The van der Waals surface area contributed by atoms with Crippen molar-refractivity contribution >= 4 is 38.1 Å². The molecule has 0 aliphatic rings. The van der Waals surface area contributed by atoms with Crippen molar-refractivity contribution in [3.05, 3.63) is 71.8 Å². The van der Waals surface area contributed by atoms with Gasteiger partial charge in [-0.25, -0.2) is 8.42 Å². The van der Waals surface area contributed by atoms with E-state index in [2.05, 4.69) is 5.32 Å². The minimum atomic E-state index is -3.64. The lowest BCUT2D eigenvalue weighted by molar-refractivity contribution is -0.114. The number of sulfonamides is 1. The molecule has 0 saturated carbocycles. The first kappa shape index (κ1) is 18.9. The van der Waals surface area contributed by atoms with Gasteiger partial charge in [-0.1, -0.05) is 48.5 Å². The minimum Gasteiger partial charge on any atom is -0.324 e. The first-order valence-electron chi connectivity index (χ1n) is 8.58. The molecule has 0 aliphatic carbocycles. The summed E-state index contributed by atoms with van der Waals surface area (Å²) in [4.78, 5) is 12.6. The quantitative estimate of drug-likeness (QED) is 0.729. The molecule has 3 aromatic rings. The SMILES string of the molecule is Cc1ccc(C)c(NC(=O)CN(c2cccc3ccccc23)S(C)(=O)=O)c1. The Balaban J connectivity index is 1.94. The molecule has 5 nitrogen and oxygen atoms in total. The Morgan fingerprint density at radius 2 is 1.70 bits per heavy atom. The molecule has 0 aliphatic heterocycles. The molecule has 0 aromatic heterocycles. The van der Waals surface area contributed by atoms with Gasteiger partial charge in [0.25, 0.3) is 0 Å². The topological polar surface area (TPSA) is 66.5 Å². The second-order valence-electron chi connectivity index (χ2n) is 6.63. The van der Waals surface area contributed by atoms with Crippen LogP contribution in [0.3, 0.4) is 0 Å². The molecule has 0 heterocycles. The zero-order valence-electron chi connectivity index (χ0n) is 15.6. The second kappa shape index (κ2) is 7.40. The van der Waals surface area contributed by atoms with E-state index in [1.807, 2.05) is 62.4 Å². The van der Waals surface area contributed by atoms with Crippen LogP contribution in [0.1, 0.15) is 11.1 Å². The largest absolute Gasteiger partial charge is 0.324 e. The molecule has 1 amide bonds. The van der Waals surface area contributed by atoms with Gasteiger partial charge < -0.3 is 5.32 Å². The van der Waals surface area contributed by atoms with Crippen molar-refractivity contribution in [3.8, 4) is 0 Å². The van der Waals surface area contributed by atoms with Crippen molar-refractivity contribution in [2.75, 3.05) is 22.4 Å². The lowest BCUT2D eigenvalue weighted by Crippen LogP contribution is -2.37. The summed E-state index contributed by atoms with van der Waals surface area (Å²) in [6.45, 7) is 3.54. The Kier molecular flexibility index (Phi) is 5.19. The maximum Gasteiger partial charge on any atom is 0.245 e. The van der Waals surface area contributed by atoms with Gasteiger partial charge in [0.05, 0.1) is 11.9 Å². The summed E-state index contributed by atoms with van der Waals surface area (Å²) < 4.78 is 26.0. The molecular weight excluding hydrogens is 360 g/mol. The summed E-state index contributed by atoms with van der Waals surface area (Å²) in [5.41, 5.74) is 3.12. The molecule has 6 heteroatoms. The number of fused-ring (bicyclic) bond motifs is 1. The number of nitrogens with one attached hydrogen (secondary N) is 1. The number of hydrogen-bond donors (Lipinski definition) is 1. The van der Waals surface area contributed by atoms with Gasteiger partial charge in [0.1, 0.15) is 6.54 Å². The number of nitrogens with zero attached hydrogens (tertiary/aromatic N) is 1. The summed E-state index contributed by atoms with van der Waals surface area (Å²) in [5, 5.41) is 4.52. The molecule has 140 valence electrons. The van der Waals surface area contributed by atoms with Crippen LogP contribution in [0, 0.1) is 13.8 Å². The Labute approximate surface area is 159 Å². The third-order valence-corrected chi connectivity index (χ3v) is 5.52. The molecule has 0 atom stereocenters. The van der Waals surface area contributed by atoms with Gasteiger partial charge in [0.2, 0.25) is 15.9 Å². The van der Waals surface area contributed by atoms with Gasteiger partial charge in [-0.05, 0) is 42.5 Å². The standard InChI is InChI=1S/C21H22N2O3S/c1-15-11-12-16(2)19(13-15)22-21(24)14-23(27(3,25)26)20-10-6-8-17-7-4-5-9-18(17)20/h4-13H,14H2,1-3H3,(H,22,24). The van der Waals surface area contributed by atoms with E-state index in [-0.39, 0.29) is 12.5 Å². The first-order chi connectivity index (χ1) is 12.8. The number of amides is 1. The van der Waals surface area contributed by atoms with Crippen molar-refractivity contribution in [1.82, 2.24) is 0 Å². The highest BCUT2D eigenvalue weighted by molar-refractivity contribution is 7.92. The van der Waals surface area contributed by atoms with Crippen molar-refractivity contribution in [2.45, 2.75) is 13.8 Å². The number of anilines is 2. The second-order valence-corrected chi connectivity index (χ2v) is 8.54. The van der Waals surface area contributed by atoms with Gasteiger partial charge in [-0.2, -0.15) is 0 Å². The zero-order chi connectivity index (χ0) is 19.6. The highest BCUT2D eigenvalue weighted by Gasteiger charge is 2.22. The highest BCUT2D eigenvalue weighted by atomic mass is 32.2. The normalized spacial score (nSPS) is 11.4. The van der Waals surface area contributed by atoms with Crippen molar-refractivity contribution < 1.29 is 13.2 Å². The molecule has 0 radical (unpaired) electrons. The van der Waals surface area contributed by atoms with E-state index in [4.69, 9.17) is 0 Å². The van der Waals surface area contributed by atoms with Gasteiger partial charge >= 0.3 is 0 Å². The Morgan fingerprint density at radius 3 is 2.44 bits per heavy atom. The number of benzene rings is 3. The van der Waals surface area contributed by atoms with E-state index in [0.717, 1.165) is 32.5 Å². The Bertz CT molecular complexity index is 1100. The molecule has 0 saturated heterocycles. The van der Waals surface area contributed by atoms with Gasteiger partial charge in [0, 0.05) is 11.1 Å². The molecule has 0 unspecified atom stereocenters. The van der Waals surface area contributed by atoms with Gasteiger partial charge in [-0.15, -0.1) is 0 Å². The third-order valence-electron chi connectivity index (χ3n) is 4.39. The van der Waals surface area contributed by atoms with Crippen molar-refractivity contribution in [3.63, 3.8) is 0 Å². The van der Waals surface area contributed by atoms with Crippen LogP contribution in [0.4, 0.5) is 11.4 Å². The van der Waals surface area contributed by atoms with Crippen LogP contribution < -0.4 is 9.62 Å². The van der Waals surface area contributed by atoms with E-state index < -0.39 is 10.0 Å². The zero-order valence-corrected chi connectivity index (χ0v) is 16.4. The van der Waals surface area contributed by atoms with Crippen LogP contribution in [0.2, 0.25) is 0 Å². The van der Waals surface area contributed by atoms with Crippen LogP contribution in [-0.4, -0.2) is 27.1 Å². The fraction of sp³-hybridized carbons (Fsp3) is 0.190. The van der Waals surface area contributed by atoms with E-state index in [9.17, 15) is 13.2 Å². The fourth-order valence-electron chi connectivity index (χ4n) is 3.00. The van der Waals surface area contributed by atoms with Crippen LogP contribution in [0.5, 0.6) is 0 Å². The van der Waals surface area contributed by atoms with Crippen LogP contribution in [-0.2, 0) is 14.8 Å². The van der Waals surface area contributed by atoms with Crippen LogP contribution in [0.25, 0.3) is 10.8 Å². The number of aryl methyl sites for hydroxylation is 2. The molecule has 1 N–H and O–H groups in total. The molecule has 3 rings (SSSR count). The number of carbonyl (C=O) groups is 1. The lowest BCUT2D eigenvalue weighted by Gasteiger charge is -2.23. The lowest BCUT2D eigenvalue weighted by atomic mass is 10.1. The van der Waals surface area contributed by atoms with E-state index in [0.29, 0.717) is 11.4 Å². The van der Waals surface area contributed by atoms with Crippen molar-refractivity contribution in [1.29, 1.82) is 0 Å². The summed E-state index contributed by atoms with van der Waals surface area (Å²) in [7, 11) is -3.64. The number of rotatable bonds is 5. The maximum absolute atomic E-state index is 12.6. The van der Waals surface area contributed by atoms with Crippen LogP contribution >= 0.6 is 0 Å². The molecule has 0 fully saturated rings. The molecule has 0 bridgehead atoms. The molecular formula is C21H22N2O3S. The smallest absolute Gasteiger partial charge is 0.245 e. The predicted molar refractivity (Wildman–Crippen MR) is 111 cm³/mol. The first-order valence-corrected chi connectivity index (χ1v) is 10.4. The Morgan fingerprint density at radius 1 is 1.00 bits per heavy atom. The van der Waals surface area contributed by atoms with E-state index >= 15 is 0 Å². The molecule has 0 spiro atoms. The highest BCUT2D eigenvalue weighted by Crippen LogP contribution is 2.28. The average Bonchev–Trinajstić information content (AvgIpc) is 2.61. The predicted octanol–water partition coefficient (Wildman–Crippen LogP) is 3.86. The van der Waals surface area contributed by atoms with Crippen molar-refractivity contribution in [2.24, 2.45) is 0 Å². The Hall–Kier alpha value is -2.86. The average molecular weight is 382 g/mol. The summed E-state index contributed by atoms with van der Waals surface area (Å²) >= 11 is 0. The fourth-order valence-corrected chi connectivity index (χ4v) is 3.87. The summed E-state index contributed by atoms with van der Waals surface area (Å²) in [6, 6.07) is 18.7. The minimum absolute atomic E-state index is 0.291. The molecule has 3 aromatic carbocycles. The van der Waals surface area contributed by atoms with E-state index in [1.54, 1.807) is 12.1 Å². The molecule has 27 heavy (non-hydrogen) atoms.